The highest BCUT2D eigenvalue weighted by Gasteiger charge is 2.28. The molecule has 8 heteroatoms. The fourth-order valence-electron chi connectivity index (χ4n) is 3.16. The second-order valence-electron chi connectivity index (χ2n) is 6.95. The fraction of sp³-hybridized carbons (Fsp3) is 0.350. The average Bonchev–Trinajstić information content (AvgIpc) is 2.68. The Morgan fingerprint density at radius 2 is 1.75 bits per heavy atom. The molecule has 1 aliphatic rings. The Morgan fingerprint density at radius 1 is 1.07 bits per heavy atom. The van der Waals surface area contributed by atoms with E-state index in [-0.39, 0.29) is 16.8 Å². The highest BCUT2D eigenvalue weighted by Crippen LogP contribution is 2.23. The van der Waals surface area contributed by atoms with Crippen LogP contribution in [0.2, 0.25) is 5.02 Å². The van der Waals surface area contributed by atoms with Crippen molar-refractivity contribution in [3.63, 3.8) is 0 Å². The van der Waals surface area contributed by atoms with Crippen molar-refractivity contribution in [2.24, 2.45) is 0 Å². The number of hydrogen-bond acceptors (Lipinski definition) is 4. The van der Waals surface area contributed by atoms with Gasteiger partial charge in [0, 0.05) is 36.8 Å². The van der Waals surface area contributed by atoms with Gasteiger partial charge in [0.05, 0.1) is 10.9 Å². The van der Waals surface area contributed by atoms with Crippen molar-refractivity contribution in [1.29, 1.82) is 0 Å². The molecule has 0 aliphatic carbocycles. The van der Waals surface area contributed by atoms with Crippen molar-refractivity contribution in [2.75, 3.05) is 33.2 Å². The topological polar surface area (TPSA) is 69.7 Å². The number of benzene rings is 2. The van der Waals surface area contributed by atoms with Gasteiger partial charge in [-0.15, -0.1) is 0 Å². The summed E-state index contributed by atoms with van der Waals surface area (Å²) in [6.07, 6.45) is 0. The lowest BCUT2D eigenvalue weighted by molar-refractivity contribution is 0.0939. The summed E-state index contributed by atoms with van der Waals surface area (Å²) >= 11 is 6.19. The van der Waals surface area contributed by atoms with E-state index in [2.05, 4.69) is 10.2 Å². The molecule has 1 N–H and O–H groups in total. The number of rotatable bonds is 5. The van der Waals surface area contributed by atoms with Gasteiger partial charge in [0.1, 0.15) is 0 Å². The molecule has 2 aromatic rings. The van der Waals surface area contributed by atoms with Crippen molar-refractivity contribution < 1.29 is 13.2 Å². The van der Waals surface area contributed by atoms with Crippen LogP contribution in [-0.4, -0.2) is 56.8 Å². The van der Waals surface area contributed by atoms with E-state index < -0.39 is 10.0 Å². The lowest BCUT2D eigenvalue weighted by Crippen LogP contribution is -2.47. The number of piperazine rings is 1. The highest BCUT2D eigenvalue weighted by atomic mass is 35.5. The molecule has 28 heavy (non-hydrogen) atoms. The van der Waals surface area contributed by atoms with Gasteiger partial charge in [0.25, 0.3) is 5.91 Å². The van der Waals surface area contributed by atoms with E-state index in [1.54, 1.807) is 18.2 Å². The maximum atomic E-state index is 12.9. The van der Waals surface area contributed by atoms with Crippen LogP contribution in [0.5, 0.6) is 0 Å². The molecule has 1 heterocycles. The first kappa shape index (κ1) is 20.8. The number of amides is 1. The van der Waals surface area contributed by atoms with E-state index in [0.717, 1.165) is 5.56 Å². The number of nitrogens with zero attached hydrogens (tertiary/aromatic N) is 2. The van der Waals surface area contributed by atoms with E-state index in [1.807, 2.05) is 32.2 Å². The Labute approximate surface area is 171 Å². The van der Waals surface area contributed by atoms with Crippen LogP contribution in [0.3, 0.4) is 0 Å². The number of nitrogens with one attached hydrogen (secondary N) is 1. The number of carbonyl (C=O) groups is 1. The van der Waals surface area contributed by atoms with Gasteiger partial charge < -0.3 is 10.2 Å². The zero-order valence-corrected chi connectivity index (χ0v) is 17.5. The Morgan fingerprint density at radius 3 is 2.43 bits per heavy atom. The molecule has 0 spiro atoms. The zero-order chi connectivity index (χ0) is 20.3. The minimum absolute atomic E-state index is 0.134. The number of likely N-dealkylation sites (N-methyl/N-ethyl adjacent to an activating group) is 1. The summed E-state index contributed by atoms with van der Waals surface area (Å²) in [7, 11) is -1.66. The maximum absolute atomic E-state index is 12.9. The van der Waals surface area contributed by atoms with Gasteiger partial charge in [-0.2, -0.15) is 4.31 Å². The SMILES string of the molecule is CC(NC(=O)c1cccc(S(=O)(=O)N2CCN(C)CC2)c1)c1ccccc1Cl. The van der Waals surface area contributed by atoms with E-state index in [4.69, 9.17) is 11.6 Å². The summed E-state index contributed by atoms with van der Waals surface area (Å²) in [6, 6.07) is 13.2. The van der Waals surface area contributed by atoms with Crippen molar-refractivity contribution in [3.05, 3.63) is 64.7 Å². The largest absolute Gasteiger partial charge is 0.345 e. The molecule has 2 aromatic carbocycles. The van der Waals surface area contributed by atoms with Crippen LogP contribution < -0.4 is 5.32 Å². The number of sulfonamides is 1. The Bertz CT molecular complexity index is 957. The van der Waals surface area contributed by atoms with Gasteiger partial charge in [-0.05, 0) is 43.8 Å². The molecule has 0 saturated carbocycles. The molecule has 0 aromatic heterocycles. The van der Waals surface area contributed by atoms with E-state index >= 15 is 0 Å². The lowest BCUT2D eigenvalue weighted by atomic mass is 10.1. The van der Waals surface area contributed by atoms with Crippen LogP contribution in [-0.2, 0) is 10.0 Å². The van der Waals surface area contributed by atoms with Crippen LogP contribution in [0.25, 0.3) is 0 Å². The van der Waals surface area contributed by atoms with E-state index in [0.29, 0.717) is 36.8 Å². The van der Waals surface area contributed by atoms with Crippen molar-refractivity contribution in [2.45, 2.75) is 17.9 Å². The quantitative estimate of drug-likeness (QED) is 0.805. The third-order valence-electron chi connectivity index (χ3n) is 4.92. The zero-order valence-electron chi connectivity index (χ0n) is 15.9. The van der Waals surface area contributed by atoms with Gasteiger partial charge >= 0.3 is 0 Å². The van der Waals surface area contributed by atoms with Crippen LogP contribution in [0.1, 0.15) is 28.9 Å². The van der Waals surface area contributed by atoms with Crippen LogP contribution in [0.4, 0.5) is 0 Å². The molecule has 1 unspecified atom stereocenters. The Balaban J connectivity index is 1.77. The number of hydrogen-bond donors (Lipinski definition) is 1. The summed E-state index contributed by atoms with van der Waals surface area (Å²) in [5, 5.41) is 3.45. The lowest BCUT2D eigenvalue weighted by Gasteiger charge is -2.31. The minimum Gasteiger partial charge on any atom is -0.345 e. The first-order valence-corrected chi connectivity index (χ1v) is 10.9. The molecule has 1 saturated heterocycles. The number of carbonyl (C=O) groups excluding carboxylic acids is 1. The molecule has 6 nitrogen and oxygen atoms in total. The highest BCUT2D eigenvalue weighted by molar-refractivity contribution is 7.89. The first-order valence-electron chi connectivity index (χ1n) is 9.13. The molecule has 0 bridgehead atoms. The van der Waals surface area contributed by atoms with Gasteiger partial charge in [-0.25, -0.2) is 8.42 Å². The van der Waals surface area contributed by atoms with Crippen LogP contribution in [0.15, 0.2) is 53.4 Å². The molecule has 1 aliphatic heterocycles. The molecule has 0 radical (unpaired) electrons. The van der Waals surface area contributed by atoms with Crippen molar-refractivity contribution in [1.82, 2.24) is 14.5 Å². The molecule has 1 fully saturated rings. The normalized spacial score (nSPS) is 17.2. The molecule has 3 rings (SSSR count). The molecular formula is C20H24ClN3O3S. The number of halogens is 1. The third kappa shape index (κ3) is 4.55. The molecular weight excluding hydrogens is 398 g/mol. The third-order valence-corrected chi connectivity index (χ3v) is 7.15. The van der Waals surface area contributed by atoms with Gasteiger partial charge in [-0.3, -0.25) is 4.79 Å². The summed E-state index contributed by atoms with van der Waals surface area (Å²) < 4.78 is 27.3. The van der Waals surface area contributed by atoms with Crippen LogP contribution >= 0.6 is 11.6 Å². The van der Waals surface area contributed by atoms with Gasteiger partial charge in [0.2, 0.25) is 10.0 Å². The monoisotopic (exact) mass is 421 g/mol. The predicted octanol–water partition coefficient (Wildman–Crippen LogP) is 2.77. The van der Waals surface area contributed by atoms with Crippen LogP contribution in [0, 0.1) is 0 Å². The summed E-state index contributed by atoms with van der Waals surface area (Å²) in [5.41, 5.74) is 1.10. The summed E-state index contributed by atoms with van der Waals surface area (Å²) in [6.45, 7) is 4.10. The van der Waals surface area contributed by atoms with Crippen molar-refractivity contribution in [3.8, 4) is 0 Å². The predicted molar refractivity (Wildman–Crippen MR) is 110 cm³/mol. The van der Waals surface area contributed by atoms with Gasteiger partial charge in [0.15, 0.2) is 0 Å². The smallest absolute Gasteiger partial charge is 0.251 e. The fourth-order valence-corrected chi connectivity index (χ4v) is 4.93. The Kier molecular flexibility index (Phi) is 6.40. The average molecular weight is 422 g/mol. The first-order chi connectivity index (χ1) is 13.3. The summed E-state index contributed by atoms with van der Waals surface area (Å²) in [5.74, 6) is -0.345. The second kappa shape index (κ2) is 8.61. The van der Waals surface area contributed by atoms with Crippen molar-refractivity contribution >= 4 is 27.5 Å². The van der Waals surface area contributed by atoms with E-state index in [9.17, 15) is 13.2 Å². The summed E-state index contributed by atoms with van der Waals surface area (Å²) in [4.78, 5) is 14.9. The standard InChI is InChI=1S/C20H24ClN3O3S/c1-15(18-8-3-4-9-19(18)21)22-20(25)16-6-5-7-17(14-16)28(26,27)24-12-10-23(2)11-13-24/h3-9,14-15H,10-13H2,1-2H3,(H,22,25). The molecule has 150 valence electrons. The minimum atomic E-state index is -3.62. The van der Waals surface area contributed by atoms with E-state index in [1.165, 1.54) is 16.4 Å². The maximum Gasteiger partial charge on any atom is 0.251 e. The Hall–Kier alpha value is -1.93. The molecule has 1 atom stereocenters. The molecule has 1 amide bonds. The van der Waals surface area contributed by atoms with Gasteiger partial charge in [-0.1, -0.05) is 35.9 Å². The second-order valence-corrected chi connectivity index (χ2v) is 9.30.